The zero-order valence-electron chi connectivity index (χ0n) is 4.54. The van der Waals surface area contributed by atoms with Gasteiger partial charge in [0.1, 0.15) is 0 Å². The quantitative estimate of drug-likeness (QED) is 0.471. The number of hydrogen-bond donors (Lipinski definition) is 1. The van der Waals surface area contributed by atoms with E-state index in [1.165, 1.54) is 5.57 Å². The number of rotatable bonds is 0. The van der Waals surface area contributed by atoms with Crippen LogP contribution in [0, 0.1) is 0 Å². The predicted octanol–water partition coefficient (Wildman–Crippen LogP) is 2.32. The smallest absolute Gasteiger partial charge is 0.0162 e. The first-order chi connectivity index (χ1) is 3.93. The molecule has 42 valence electrons. The summed E-state index contributed by atoms with van der Waals surface area (Å²) >= 11 is 4.00. The molecule has 0 aliphatic heterocycles. The van der Waals surface area contributed by atoms with Gasteiger partial charge in [-0.3, -0.25) is 0 Å². The minimum atomic E-state index is 1.06. The molecule has 0 nitrogen and oxygen atoms in total. The lowest BCUT2D eigenvalue weighted by atomic mass is 10.1. The van der Waals surface area contributed by atoms with Crippen molar-refractivity contribution in [1.29, 1.82) is 0 Å². The van der Waals surface area contributed by atoms with Crippen LogP contribution in [0.5, 0.6) is 0 Å². The molecule has 0 amide bonds. The highest BCUT2D eigenvalue weighted by atomic mass is 32.1. The molecular weight excluding hydrogens is 116 g/mol. The fraction of sp³-hybridized carbons (Fsp3) is 0.143. The Kier molecular flexibility index (Phi) is 1.98. The van der Waals surface area contributed by atoms with E-state index in [1.54, 1.807) is 5.41 Å². The van der Waals surface area contributed by atoms with E-state index in [4.69, 9.17) is 0 Å². The average Bonchev–Trinajstić information content (AvgIpc) is 1.90. The zero-order valence-corrected chi connectivity index (χ0v) is 5.44. The molecule has 0 aromatic carbocycles. The van der Waals surface area contributed by atoms with Gasteiger partial charge in [0.05, 0.1) is 0 Å². The lowest BCUT2D eigenvalue weighted by molar-refractivity contribution is 1.34. The van der Waals surface area contributed by atoms with Crippen molar-refractivity contribution in [2.45, 2.75) is 6.42 Å². The SMILES string of the molecule is SC=C1C=CCC=C1. The van der Waals surface area contributed by atoms with Gasteiger partial charge in [-0.1, -0.05) is 24.3 Å². The van der Waals surface area contributed by atoms with Gasteiger partial charge in [-0.05, 0) is 17.4 Å². The monoisotopic (exact) mass is 124 g/mol. The summed E-state index contributed by atoms with van der Waals surface area (Å²) in [6.07, 6.45) is 9.41. The van der Waals surface area contributed by atoms with Crippen molar-refractivity contribution in [3.63, 3.8) is 0 Å². The van der Waals surface area contributed by atoms with Gasteiger partial charge in [-0.2, -0.15) is 12.6 Å². The normalized spacial score (nSPS) is 16.9. The van der Waals surface area contributed by atoms with E-state index in [0.717, 1.165) is 6.42 Å². The minimum Gasteiger partial charge on any atom is -0.151 e. The molecule has 0 saturated carbocycles. The Labute approximate surface area is 55.0 Å². The first-order valence-corrected chi connectivity index (χ1v) is 3.12. The molecule has 1 rings (SSSR count). The first-order valence-electron chi connectivity index (χ1n) is 2.61. The van der Waals surface area contributed by atoms with E-state index in [9.17, 15) is 0 Å². The highest BCUT2D eigenvalue weighted by Gasteiger charge is 1.85. The molecule has 8 heavy (non-hydrogen) atoms. The average molecular weight is 124 g/mol. The van der Waals surface area contributed by atoms with Gasteiger partial charge in [-0.25, -0.2) is 0 Å². The lowest BCUT2D eigenvalue weighted by Gasteiger charge is -1.94. The molecule has 1 aliphatic carbocycles. The van der Waals surface area contributed by atoms with Crippen LogP contribution in [-0.2, 0) is 0 Å². The van der Waals surface area contributed by atoms with Gasteiger partial charge in [0, 0.05) is 0 Å². The standard InChI is InChI=1S/C7H8S/c8-6-7-4-2-1-3-5-7/h2-6,8H,1H2. The summed E-state index contributed by atoms with van der Waals surface area (Å²) in [6.45, 7) is 0. The van der Waals surface area contributed by atoms with E-state index in [2.05, 4.69) is 36.9 Å². The summed E-state index contributed by atoms with van der Waals surface area (Å²) in [7, 11) is 0. The summed E-state index contributed by atoms with van der Waals surface area (Å²) in [5, 5.41) is 1.80. The minimum absolute atomic E-state index is 1.06. The molecule has 0 radical (unpaired) electrons. The largest absolute Gasteiger partial charge is 0.151 e. The highest BCUT2D eigenvalue weighted by molar-refractivity contribution is 7.83. The van der Waals surface area contributed by atoms with Gasteiger partial charge in [-0.15, -0.1) is 0 Å². The van der Waals surface area contributed by atoms with Gasteiger partial charge < -0.3 is 0 Å². The van der Waals surface area contributed by atoms with Crippen molar-refractivity contribution in [3.8, 4) is 0 Å². The molecule has 0 aromatic rings. The van der Waals surface area contributed by atoms with Crippen LogP contribution in [0.4, 0.5) is 0 Å². The fourth-order valence-electron chi connectivity index (χ4n) is 0.628. The highest BCUT2D eigenvalue weighted by Crippen LogP contribution is 2.07. The first kappa shape index (κ1) is 5.70. The zero-order chi connectivity index (χ0) is 5.82. The molecule has 0 saturated heterocycles. The Bertz CT molecular complexity index is 138. The lowest BCUT2D eigenvalue weighted by Crippen LogP contribution is -1.74. The van der Waals surface area contributed by atoms with Crippen LogP contribution in [-0.4, -0.2) is 0 Å². The molecule has 0 heterocycles. The van der Waals surface area contributed by atoms with E-state index >= 15 is 0 Å². The third-order valence-corrected chi connectivity index (χ3v) is 1.34. The molecule has 0 atom stereocenters. The summed E-state index contributed by atoms with van der Waals surface area (Å²) in [5.41, 5.74) is 1.18. The van der Waals surface area contributed by atoms with Gasteiger partial charge >= 0.3 is 0 Å². The van der Waals surface area contributed by atoms with Crippen LogP contribution < -0.4 is 0 Å². The Balaban J connectivity index is 2.69. The van der Waals surface area contributed by atoms with Crippen LogP contribution in [0.25, 0.3) is 0 Å². The summed E-state index contributed by atoms with van der Waals surface area (Å²) in [4.78, 5) is 0. The summed E-state index contributed by atoms with van der Waals surface area (Å²) in [6, 6.07) is 0. The molecule has 0 fully saturated rings. The fourth-order valence-corrected chi connectivity index (χ4v) is 0.801. The Morgan fingerprint density at radius 2 is 2.00 bits per heavy atom. The molecule has 0 aromatic heterocycles. The maximum Gasteiger partial charge on any atom is -0.0162 e. The predicted molar refractivity (Wildman–Crippen MR) is 40.0 cm³/mol. The van der Waals surface area contributed by atoms with Crippen LogP contribution in [0.3, 0.4) is 0 Å². The summed E-state index contributed by atoms with van der Waals surface area (Å²) in [5.74, 6) is 0. The Hall–Kier alpha value is -0.430. The topological polar surface area (TPSA) is 0 Å². The van der Waals surface area contributed by atoms with Crippen LogP contribution >= 0.6 is 12.6 Å². The number of hydrogen-bond acceptors (Lipinski definition) is 1. The number of allylic oxidation sites excluding steroid dienone is 5. The molecule has 0 bridgehead atoms. The Morgan fingerprint density at radius 3 is 2.38 bits per heavy atom. The van der Waals surface area contributed by atoms with Crippen LogP contribution in [0.2, 0.25) is 0 Å². The van der Waals surface area contributed by atoms with Crippen molar-refractivity contribution in [1.82, 2.24) is 0 Å². The third-order valence-electron chi connectivity index (χ3n) is 1.04. The molecule has 0 unspecified atom stereocenters. The second kappa shape index (κ2) is 2.78. The van der Waals surface area contributed by atoms with Gasteiger partial charge in [0.15, 0.2) is 0 Å². The maximum absolute atomic E-state index is 4.00. The van der Waals surface area contributed by atoms with E-state index in [1.807, 2.05) is 0 Å². The van der Waals surface area contributed by atoms with Gasteiger partial charge in [0.25, 0.3) is 0 Å². The van der Waals surface area contributed by atoms with Crippen molar-refractivity contribution in [2.24, 2.45) is 0 Å². The molecule has 0 spiro atoms. The molecular formula is C7H8S. The van der Waals surface area contributed by atoms with Crippen molar-refractivity contribution < 1.29 is 0 Å². The third kappa shape index (κ3) is 1.27. The second-order valence-corrected chi connectivity index (χ2v) is 1.93. The molecule has 1 heteroatoms. The van der Waals surface area contributed by atoms with Crippen molar-refractivity contribution in [3.05, 3.63) is 35.3 Å². The van der Waals surface area contributed by atoms with Crippen LogP contribution in [0.15, 0.2) is 35.3 Å². The van der Waals surface area contributed by atoms with E-state index in [-0.39, 0.29) is 0 Å². The second-order valence-electron chi connectivity index (χ2n) is 1.67. The maximum atomic E-state index is 4.00. The van der Waals surface area contributed by atoms with Gasteiger partial charge in [0.2, 0.25) is 0 Å². The number of thiol groups is 1. The molecule has 1 aliphatic rings. The Morgan fingerprint density at radius 1 is 1.38 bits per heavy atom. The van der Waals surface area contributed by atoms with Crippen molar-refractivity contribution >= 4 is 12.6 Å². The van der Waals surface area contributed by atoms with E-state index in [0.29, 0.717) is 0 Å². The van der Waals surface area contributed by atoms with E-state index < -0.39 is 0 Å². The summed E-state index contributed by atoms with van der Waals surface area (Å²) < 4.78 is 0. The molecule has 0 N–H and O–H groups in total. The van der Waals surface area contributed by atoms with Crippen LogP contribution in [0.1, 0.15) is 6.42 Å². The van der Waals surface area contributed by atoms with Crippen molar-refractivity contribution in [2.75, 3.05) is 0 Å².